The number of nitrogens with zero attached hydrogens (tertiary/aromatic N) is 2. The lowest BCUT2D eigenvalue weighted by Crippen LogP contribution is -1.88. The summed E-state index contributed by atoms with van der Waals surface area (Å²) in [5.74, 6) is 1.64. The first kappa shape index (κ1) is 11.0. The highest BCUT2D eigenvalue weighted by molar-refractivity contribution is 7.98. The molecule has 2 aromatic rings. The number of benzene rings is 1. The van der Waals surface area contributed by atoms with Crippen LogP contribution in [0.4, 0.5) is 0 Å². The number of hydrogen-bond acceptors (Lipinski definition) is 4. The molecule has 0 spiro atoms. The number of rotatable bonds is 4. The van der Waals surface area contributed by atoms with Gasteiger partial charge in [-0.1, -0.05) is 17.8 Å². The number of aromatic nitrogens is 2. The van der Waals surface area contributed by atoms with Crippen molar-refractivity contribution >= 4 is 11.8 Å². The summed E-state index contributed by atoms with van der Waals surface area (Å²) in [7, 11) is 1.66. The average Bonchev–Trinajstić information content (AvgIpc) is 2.38. The fourth-order valence-electron chi connectivity index (χ4n) is 1.20. The first-order valence-electron chi connectivity index (χ1n) is 4.83. The second kappa shape index (κ2) is 5.51. The maximum Gasteiger partial charge on any atom is 0.187 e. The van der Waals surface area contributed by atoms with Crippen LogP contribution in [0.15, 0.2) is 41.8 Å². The molecule has 1 aromatic heterocycles. The molecule has 16 heavy (non-hydrogen) atoms. The summed E-state index contributed by atoms with van der Waals surface area (Å²) >= 11 is 1.58. The van der Waals surface area contributed by atoms with Crippen molar-refractivity contribution in [2.45, 2.75) is 10.9 Å². The number of hydrogen-bond donors (Lipinski definition) is 0. The van der Waals surface area contributed by atoms with Gasteiger partial charge in [0.05, 0.1) is 7.11 Å². The van der Waals surface area contributed by atoms with Gasteiger partial charge in [-0.3, -0.25) is 0 Å². The predicted octanol–water partition coefficient (Wildman–Crippen LogP) is 2.58. The molecule has 1 aromatic carbocycles. The van der Waals surface area contributed by atoms with Crippen molar-refractivity contribution in [1.29, 1.82) is 0 Å². The van der Waals surface area contributed by atoms with E-state index in [1.807, 2.05) is 24.3 Å². The van der Waals surface area contributed by atoms with Gasteiger partial charge in [-0.05, 0) is 29.8 Å². The topological polar surface area (TPSA) is 35.0 Å². The fourth-order valence-corrected chi connectivity index (χ4v) is 1.93. The lowest BCUT2D eigenvalue weighted by molar-refractivity contribution is 0.414. The van der Waals surface area contributed by atoms with E-state index in [1.165, 1.54) is 0 Å². The zero-order valence-electron chi connectivity index (χ0n) is 8.88. The molecular weight excluding hydrogens is 220 g/mol. The zero-order chi connectivity index (χ0) is 11.2. The number of methoxy groups -OCH3 is 1. The summed E-state index contributed by atoms with van der Waals surface area (Å²) in [4.78, 5) is 8.29. The van der Waals surface area contributed by atoms with E-state index >= 15 is 0 Å². The standard InChI is InChI=1S/C12H11N2OS/c1-15-11-5-2-4-10(8-11)9-16-12-13-6-3-7-14-12/h2-3,5-8H,9H2,1H3. The molecule has 0 bridgehead atoms. The first-order chi connectivity index (χ1) is 7.88. The van der Waals surface area contributed by atoms with Gasteiger partial charge in [0.25, 0.3) is 0 Å². The van der Waals surface area contributed by atoms with Gasteiger partial charge in [0.2, 0.25) is 0 Å². The lowest BCUT2D eigenvalue weighted by atomic mass is 10.2. The Balaban J connectivity index is 1.99. The third-order valence-electron chi connectivity index (χ3n) is 1.97. The van der Waals surface area contributed by atoms with E-state index < -0.39 is 0 Å². The van der Waals surface area contributed by atoms with Crippen LogP contribution in [0.1, 0.15) is 5.56 Å². The first-order valence-corrected chi connectivity index (χ1v) is 5.81. The van der Waals surface area contributed by atoms with Gasteiger partial charge in [0.15, 0.2) is 5.16 Å². The Morgan fingerprint density at radius 2 is 2.19 bits per heavy atom. The van der Waals surface area contributed by atoms with Crippen LogP contribution in [0.3, 0.4) is 0 Å². The highest BCUT2D eigenvalue weighted by Gasteiger charge is 1.99. The van der Waals surface area contributed by atoms with Crippen LogP contribution >= 0.6 is 11.8 Å². The summed E-state index contributed by atoms with van der Waals surface area (Å²) < 4.78 is 5.15. The van der Waals surface area contributed by atoms with E-state index in [2.05, 4.69) is 16.0 Å². The summed E-state index contributed by atoms with van der Waals surface area (Å²) in [6.45, 7) is 0. The van der Waals surface area contributed by atoms with Crippen molar-refractivity contribution in [3.8, 4) is 5.75 Å². The minimum atomic E-state index is 0.777. The fraction of sp³-hybridized carbons (Fsp3) is 0.167. The monoisotopic (exact) mass is 231 g/mol. The molecule has 0 aliphatic carbocycles. The van der Waals surface area contributed by atoms with Crippen LogP contribution in [0.5, 0.6) is 5.75 Å². The molecule has 0 saturated carbocycles. The van der Waals surface area contributed by atoms with E-state index in [-0.39, 0.29) is 0 Å². The molecule has 0 unspecified atom stereocenters. The van der Waals surface area contributed by atoms with Crippen LogP contribution in [-0.2, 0) is 5.75 Å². The molecule has 4 heteroatoms. The molecule has 0 amide bonds. The highest BCUT2D eigenvalue weighted by atomic mass is 32.2. The Morgan fingerprint density at radius 1 is 1.38 bits per heavy atom. The summed E-state index contributed by atoms with van der Waals surface area (Å²) in [6.07, 6.45) is 3.48. The molecule has 1 heterocycles. The summed E-state index contributed by atoms with van der Waals surface area (Å²) in [5.41, 5.74) is 1.08. The maximum absolute atomic E-state index is 5.15. The molecule has 2 rings (SSSR count). The minimum absolute atomic E-state index is 0.777. The third-order valence-corrected chi connectivity index (χ3v) is 2.89. The Hall–Kier alpha value is -1.55. The SMILES string of the molecule is COc1cc[c]c(CSc2ncccn2)c1. The highest BCUT2D eigenvalue weighted by Crippen LogP contribution is 2.20. The van der Waals surface area contributed by atoms with Crippen molar-refractivity contribution < 1.29 is 4.74 Å². The van der Waals surface area contributed by atoms with E-state index in [0.29, 0.717) is 0 Å². The van der Waals surface area contributed by atoms with Gasteiger partial charge in [0.1, 0.15) is 5.75 Å². The van der Waals surface area contributed by atoms with Crippen molar-refractivity contribution in [3.05, 3.63) is 48.3 Å². The quantitative estimate of drug-likeness (QED) is 0.598. The Labute approximate surface area is 98.9 Å². The van der Waals surface area contributed by atoms with Crippen molar-refractivity contribution in [3.63, 3.8) is 0 Å². The largest absolute Gasteiger partial charge is 0.497 e. The molecule has 0 N–H and O–H groups in total. The molecule has 1 radical (unpaired) electrons. The summed E-state index contributed by atoms with van der Waals surface area (Å²) in [6, 6.07) is 10.7. The minimum Gasteiger partial charge on any atom is -0.497 e. The second-order valence-electron chi connectivity index (χ2n) is 3.07. The maximum atomic E-state index is 5.15. The molecule has 0 atom stereocenters. The van der Waals surface area contributed by atoms with Crippen LogP contribution in [-0.4, -0.2) is 17.1 Å². The average molecular weight is 231 g/mol. The normalized spacial score (nSPS) is 10.1. The van der Waals surface area contributed by atoms with Gasteiger partial charge in [-0.2, -0.15) is 0 Å². The van der Waals surface area contributed by atoms with E-state index in [1.54, 1.807) is 31.3 Å². The molecule has 0 aliphatic heterocycles. The van der Waals surface area contributed by atoms with Crippen molar-refractivity contribution in [1.82, 2.24) is 9.97 Å². The molecule has 3 nitrogen and oxygen atoms in total. The van der Waals surface area contributed by atoms with Gasteiger partial charge in [0, 0.05) is 18.1 Å². The summed E-state index contributed by atoms with van der Waals surface area (Å²) in [5, 5.41) is 0.777. The van der Waals surface area contributed by atoms with E-state index in [9.17, 15) is 0 Å². The van der Waals surface area contributed by atoms with Crippen LogP contribution < -0.4 is 4.74 Å². The van der Waals surface area contributed by atoms with E-state index in [0.717, 1.165) is 22.2 Å². The molecule has 81 valence electrons. The van der Waals surface area contributed by atoms with Crippen LogP contribution in [0, 0.1) is 6.07 Å². The van der Waals surface area contributed by atoms with E-state index in [4.69, 9.17) is 4.74 Å². The molecular formula is C12H11N2OS. The van der Waals surface area contributed by atoms with Gasteiger partial charge in [-0.25, -0.2) is 9.97 Å². The molecule has 0 fully saturated rings. The van der Waals surface area contributed by atoms with Crippen molar-refractivity contribution in [2.24, 2.45) is 0 Å². The van der Waals surface area contributed by atoms with Gasteiger partial charge in [-0.15, -0.1) is 0 Å². The zero-order valence-corrected chi connectivity index (χ0v) is 9.70. The van der Waals surface area contributed by atoms with Gasteiger partial charge >= 0.3 is 0 Å². The molecule has 0 aliphatic rings. The smallest absolute Gasteiger partial charge is 0.187 e. The van der Waals surface area contributed by atoms with Gasteiger partial charge < -0.3 is 4.74 Å². The Morgan fingerprint density at radius 3 is 2.94 bits per heavy atom. The molecule has 0 saturated heterocycles. The van der Waals surface area contributed by atoms with Crippen molar-refractivity contribution in [2.75, 3.05) is 7.11 Å². The number of ether oxygens (including phenoxy) is 1. The Kier molecular flexibility index (Phi) is 3.77. The van der Waals surface area contributed by atoms with Crippen LogP contribution in [0.2, 0.25) is 0 Å². The predicted molar refractivity (Wildman–Crippen MR) is 63.4 cm³/mol. The lowest BCUT2D eigenvalue weighted by Gasteiger charge is -2.02. The van der Waals surface area contributed by atoms with Crippen LogP contribution in [0.25, 0.3) is 0 Å². The second-order valence-corrected chi connectivity index (χ2v) is 4.02. The number of thioether (sulfide) groups is 1. The Bertz CT molecular complexity index is 448. The third kappa shape index (κ3) is 2.97.